The number of hydrogen-bond acceptors (Lipinski definition) is 8. The van der Waals surface area contributed by atoms with Gasteiger partial charge in [0.2, 0.25) is 0 Å². The summed E-state index contributed by atoms with van der Waals surface area (Å²) in [5.41, 5.74) is 3.80. The van der Waals surface area contributed by atoms with E-state index in [9.17, 15) is 14.7 Å². The minimum Gasteiger partial charge on any atom is -0.507 e. The van der Waals surface area contributed by atoms with Crippen LogP contribution in [-0.2, 0) is 9.53 Å². The van der Waals surface area contributed by atoms with Crippen LogP contribution in [-0.4, -0.2) is 65.6 Å². The molecule has 0 saturated heterocycles. The van der Waals surface area contributed by atoms with Gasteiger partial charge in [0.1, 0.15) is 23.4 Å². The Kier molecular flexibility index (Phi) is 8.93. The van der Waals surface area contributed by atoms with Crippen molar-refractivity contribution in [2.75, 3.05) is 25.7 Å². The topological polar surface area (TPSA) is 136 Å². The number of aromatic nitrogens is 2. The van der Waals surface area contributed by atoms with Crippen molar-refractivity contribution in [1.82, 2.24) is 15.2 Å². The van der Waals surface area contributed by atoms with E-state index in [1.807, 2.05) is 20.8 Å². The van der Waals surface area contributed by atoms with E-state index >= 15 is 0 Å². The van der Waals surface area contributed by atoms with E-state index < -0.39 is 12.0 Å². The molecule has 1 fully saturated rings. The Bertz CT molecular complexity index is 1050. The van der Waals surface area contributed by atoms with Crippen LogP contribution in [0.15, 0.2) is 29.4 Å². The molecule has 3 rings (SSSR count). The van der Waals surface area contributed by atoms with E-state index in [-0.39, 0.29) is 36.2 Å². The second-order valence-corrected chi connectivity index (χ2v) is 8.46. The molecular weight excluding hydrogens is 454 g/mol. The van der Waals surface area contributed by atoms with Gasteiger partial charge in [0.15, 0.2) is 6.61 Å². The summed E-state index contributed by atoms with van der Waals surface area (Å²) in [5, 5.41) is 17.2. The van der Waals surface area contributed by atoms with E-state index in [0.29, 0.717) is 17.9 Å². The predicted octanol–water partition coefficient (Wildman–Crippen LogP) is 2.96. The summed E-state index contributed by atoms with van der Waals surface area (Å²) in [7, 11) is 1.47. The maximum atomic E-state index is 12.7. The molecule has 0 aliphatic heterocycles. The van der Waals surface area contributed by atoms with Crippen molar-refractivity contribution < 1.29 is 28.9 Å². The molecule has 11 nitrogen and oxygen atoms in total. The number of methoxy groups -OCH3 is 1. The van der Waals surface area contributed by atoms with Gasteiger partial charge in [-0.05, 0) is 46.1 Å². The lowest BCUT2D eigenvalue weighted by Crippen LogP contribution is -2.36. The molecule has 0 radical (unpaired) electrons. The third-order valence-electron chi connectivity index (χ3n) is 5.49. The Morgan fingerprint density at radius 2 is 2.14 bits per heavy atom. The number of amides is 2. The number of alkyl carbamates (subject to hydrolysis) is 1. The van der Waals surface area contributed by atoms with E-state index in [0.717, 1.165) is 25.0 Å². The average molecular weight is 488 g/mol. The molecule has 190 valence electrons. The highest BCUT2D eigenvalue weighted by molar-refractivity contribution is 5.89. The van der Waals surface area contributed by atoms with Crippen molar-refractivity contribution >= 4 is 18.2 Å². The fraction of sp³-hybridized carbons (Fsp3) is 0.500. The summed E-state index contributed by atoms with van der Waals surface area (Å²) in [5.74, 6) is 0.0255. The molecule has 35 heavy (non-hydrogen) atoms. The van der Waals surface area contributed by atoms with Gasteiger partial charge in [0.05, 0.1) is 24.6 Å². The van der Waals surface area contributed by atoms with Crippen LogP contribution in [0.3, 0.4) is 0 Å². The number of rotatable bonds is 10. The van der Waals surface area contributed by atoms with Crippen LogP contribution in [0.4, 0.5) is 4.79 Å². The Hall–Kier alpha value is -3.76. The molecule has 1 aromatic carbocycles. The third-order valence-corrected chi connectivity index (χ3v) is 5.49. The lowest BCUT2D eigenvalue weighted by atomic mass is 10.0. The fourth-order valence-electron chi connectivity index (χ4n) is 3.93. The quantitative estimate of drug-likeness (QED) is 0.438. The van der Waals surface area contributed by atoms with Crippen molar-refractivity contribution in [2.45, 2.75) is 58.1 Å². The first-order valence-corrected chi connectivity index (χ1v) is 11.7. The van der Waals surface area contributed by atoms with Crippen molar-refractivity contribution in [1.29, 1.82) is 0 Å². The largest absolute Gasteiger partial charge is 0.507 e. The highest BCUT2D eigenvalue weighted by Gasteiger charge is 2.34. The first-order chi connectivity index (χ1) is 16.8. The molecule has 2 amide bonds. The number of phenols is 1. The first kappa shape index (κ1) is 25.9. The zero-order valence-corrected chi connectivity index (χ0v) is 20.5. The summed E-state index contributed by atoms with van der Waals surface area (Å²) >= 11 is 0. The van der Waals surface area contributed by atoms with Crippen LogP contribution in [0, 0.1) is 0 Å². The summed E-state index contributed by atoms with van der Waals surface area (Å²) in [6.45, 7) is 5.79. The molecule has 0 bridgehead atoms. The Labute approximate surface area is 204 Å². The lowest BCUT2D eigenvalue weighted by Gasteiger charge is -2.22. The first-order valence-electron chi connectivity index (χ1n) is 11.7. The molecule has 1 aliphatic carbocycles. The van der Waals surface area contributed by atoms with Crippen molar-refractivity contribution in [3.8, 4) is 17.2 Å². The molecular formula is C24H33N5O6. The van der Waals surface area contributed by atoms with Gasteiger partial charge >= 0.3 is 6.09 Å². The number of carbonyl (C=O) groups is 2. The molecule has 1 aromatic heterocycles. The van der Waals surface area contributed by atoms with Gasteiger partial charge in [0.25, 0.3) is 5.91 Å². The van der Waals surface area contributed by atoms with Crippen LogP contribution in [0.1, 0.15) is 57.2 Å². The van der Waals surface area contributed by atoms with Gasteiger partial charge in [-0.1, -0.05) is 0 Å². The Balaban J connectivity index is 1.67. The van der Waals surface area contributed by atoms with Gasteiger partial charge in [-0.15, -0.1) is 0 Å². The monoisotopic (exact) mass is 487 g/mol. The zero-order chi connectivity index (χ0) is 25.4. The number of phenolic OH excluding ortho intramolecular Hbond substituents is 1. The number of carbonyl (C=O) groups excluding carboxylic acids is 2. The highest BCUT2D eigenvalue weighted by atomic mass is 16.6. The van der Waals surface area contributed by atoms with Crippen molar-refractivity contribution in [3.63, 3.8) is 0 Å². The number of aromatic hydroxyl groups is 1. The van der Waals surface area contributed by atoms with E-state index in [4.69, 9.17) is 14.2 Å². The Morgan fingerprint density at radius 3 is 2.86 bits per heavy atom. The normalized spacial score (nSPS) is 17.5. The standard InChI is InChI=1S/C24H33N5O6/c1-5-25-13-18-20(30)11-16(33-4)12-22(18)34-14-23(31)28-29-19(9-10-26-29)17-7-6-8-21(17)35-24(32)27-15(2)3/h9-13,15,17,21,30H,5-8,14H2,1-4H3,(H,27,32)(H,28,31). The maximum absolute atomic E-state index is 12.7. The minimum absolute atomic E-state index is 0.0209. The van der Waals surface area contributed by atoms with Gasteiger partial charge in [-0.25, -0.2) is 10.2 Å². The van der Waals surface area contributed by atoms with Crippen LogP contribution in [0.25, 0.3) is 0 Å². The zero-order valence-electron chi connectivity index (χ0n) is 20.5. The maximum Gasteiger partial charge on any atom is 0.407 e. The molecule has 2 unspecified atom stereocenters. The number of nitrogens with zero attached hydrogens (tertiary/aromatic N) is 3. The second-order valence-electron chi connectivity index (χ2n) is 8.46. The number of ether oxygens (including phenoxy) is 3. The van der Waals surface area contributed by atoms with E-state index in [1.54, 1.807) is 18.3 Å². The van der Waals surface area contributed by atoms with Gasteiger partial charge in [-0.3, -0.25) is 9.79 Å². The molecule has 1 saturated carbocycles. The van der Waals surface area contributed by atoms with Gasteiger partial charge < -0.3 is 24.6 Å². The molecule has 0 spiro atoms. The second kappa shape index (κ2) is 12.1. The van der Waals surface area contributed by atoms with Crippen LogP contribution < -0.4 is 20.2 Å². The van der Waals surface area contributed by atoms with Crippen LogP contribution in [0.5, 0.6) is 17.2 Å². The predicted molar refractivity (Wildman–Crippen MR) is 130 cm³/mol. The van der Waals surface area contributed by atoms with Crippen LogP contribution in [0.2, 0.25) is 0 Å². The van der Waals surface area contributed by atoms with Crippen molar-refractivity contribution in [2.24, 2.45) is 4.99 Å². The van der Waals surface area contributed by atoms with Crippen LogP contribution >= 0.6 is 0 Å². The SMILES string of the molecule is CCN=Cc1c(O)cc(OC)cc1OCC(=O)Nn1nccc1C1CCCC1OC(=O)NC(C)C. The molecule has 11 heteroatoms. The van der Waals surface area contributed by atoms with Crippen molar-refractivity contribution in [3.05, 3.63) is 35.7 Å². The highest BCUT2D eigenvalue weighted by Crippen LogP contribution is 2.36. The minimum atomic E-state index is -0.455. The molecule has 2 atom stereocenters. The molecule has 1 aliphatic rings. The molecule has 3 N–H and O–H groups in total. The summed E-state index contributed by atoms with van der Waals surface area (Å²) in [4.78, 5) is 30.3. The van der Waals surface area contributed by atoms with E-state index in [1.165, 1.54) is 24.2 Å². The smallest absolute Gasteiger partial charge is 0.407 e. The third kappa shape index (κ3) is 6.87. The number of aliphatic imine (C=N–C) groups is 1. The molecule has 1 heterocycles. The fourth-order valence-corrected chi connectivity index (χ4v) is 3.93. The summed E-state index contributed by atoms with van der Waals surface area (Å²) in [6, 6.07) is 4.80. The Morgan fingerprint density at radius 1 is 1.34 bits per heavy atom. The number of hydrogen-bond donors (Lipinski definition) is 3. The molecule has 2 aromatic rings. The number of benzene rings is 1. The van der Waals surface area contributed by atoms with Gasteiger partial charge in [0, 0.05) is 36.9 Å². The van der Waals surface area contributed by atoms with E-state index in [2.05, 4.69) is 20.8 Å². The summed E-state index contributed by atoms with van der Waals surface area (Å²) < 4.78 is 16.5. The summed E-state index contributed by atoms with van der Waals surface area (Å²) in [6.07, 6.45) is 4.75. The lowest BCUT2D eigenvalue weighted by molar-refractivity contribution is -0.119. The average Bonchev–Trinajstić information content (AvgIpc) is 3.45. The number of nitrogens with one attached hydrogen (secondary N) is 2. The van der Waals surface area contributed by atoms with Gasteiger partial charge in [-0.2, -0.15) is 9.89 Å².